The zero-order chi connectivity index (χ0) is 11.5. The average molecular weight is 239 g/mol. The minimum atomic E-state index is -0.00801. The van der Waals surface area contributed by atoms with E-state index in [9.17, 15) is 4.79 Å². The van der Waals surface area contributed by atoms with Gasteiger partial charge in [-0.05, 0) is 6.92 Å². The SMILES string of the molecule is CC(=S)c1cn(CCN2CCNC2=O)nn1. The van der Waals surface area contributed by atoms with E-state index >= 15 is 0 Å². The van der Waals surface area contributed by atoms with Gasteiger partial charge in [0.1, 0.15) is 5.69 Å². The van der Waals surface area contributed by atoms with E-state index in [1.807, 2.05) is 6.92 Å². The summed E-state index contributed by atoms with van der Waals surface area (Å²) in [4.78, 5) is 13.7. The molecule has 16 heavy (non-hydrogen) atoms. The quantitative estimate of drug-likeness (QED) is 0.595. The van der Waals surface area contributed by atoms with Crippen LogP contribution in [-0.2, 0) is 6.54 Å². The number of carbonyl (C=O) groups is 1. The lowest BCUT2D eigenvalue weighted by atomic mass is 10.4. The van der Waals surface area contributed by atoms with Crippen molar-refractivity contribution in [1.29, 1.82) is 0 Å². The van der Waals surface area contributed by atoms with E-state index in [1.54, 1.807) is 15.8 Å². The molecule has 0 aliphatic carbocycles. The summed E-state index contributed by atoms with van der Waals surface area (Å²) < 4.78 is 1.71. The van der Waals surface area contributed by atoms with Gasteiger partial charge in [-0.1, -0.05) is 17.4 Å². The number of hydrogen-bond acceptors (Lipinski definition) is 4. The van der Waals surface area contributed by atoms with Gasteiger partial charge < -0.3 is 10.2 Å². The number of carbonyl (C=O) groups excluding carboxylic acids is 1. The second kappa shape index (κ2) is 4.56. The Morgan fingerprint density at radius 2 is 2.44 bits per heavy atom. The average Bonchev–Trinajstić information content (AvgIpc) is 2.83. The van der Waals surface area contributed by atoms with E-state index in [0.29, 0.717) is 13.1 Å². The summed E-state index contributed by atoms with van der Waals surface area (Å²) in [7, 11) is 0. The van der Waals surface area contributed by atoms with Crippen molar-refractivity contribution < 1.29 is 4.79 Å². The third kappa shape index (κ3) is 2.35. The summed E-state index contributed by atoms with van der Waals surface area (Å²) in [5.74, 6) is 0. The molecule has 2 heterocycles. The Kier molecular flexibility index (Phi) is 3.14. The number of thiocarbonyl (C=S) groups is 1. The van der Waals surface area contributed by atoms with Crippen LogP contribution in [0.4, 0.5) is 4.79 Å². The molecule has 2 amide bonds. The molecule has 1 N–H and O–H groups in total. The Labute approximate surface area is 98.6 Å². The third-order valence-electron chi connectivity index (χ3n) is 2.44. The van der Waals surface area contributed by atoms with Crippen molar-refractivity contribution in [3.63, 3.8) is 0 Å². The Balaban J connectivity index is 1.89. The fraction of sp³-hybridized carbons (Fsp3) is 0.556. The predicted molar refractivity (Wildman–Crippen MR) is 62.4 cm³/mol. The molecule has 1 fully saturated rings. The van der Waals surface area contributed by atoms with Gasteiger partial charge >= 0.3 is 6.03 Å². The molecule has 1 aliphatic heterocycles. The normalized spacial score (nSPS) is 15.3. The van der Waals surface area contributed by atoms with Crippen molar-refractivity contribution in [2.45, 2.75) is 13.5 Å². The molecule has 7 heteroatoms. The standard InChI is InChI=1S/C9H13N5OS/c1-7(16)8-6-14(12-11-8)5-4-13-3-2-10-9(13)15/h6H,2-5H2,1H3,(H,10,15). The molecule has 2 rings (SSSR count). The lowest BCUT2D eigenvalue weighted by Gasteiger charge is -2.12. The van der Waals surface area contributed by atoms with Crippen LogP contribution in [0, 0.1) is 0 Å². The first-order valence-electron chi connectivity index (χ1n) is 5.10. The van der Waals surface area contributed by atoms with E-state index in [1.165, 1.54) is 0 Å². The maximum Gasteiger partial charge on any atom is 0.317 e. The fourth-order valence-electron chi connectivity index (χ4n) is 1.52. The van der Waals surface area contributed by atoms with Gasteiger partial charge in [0.15, 0.2) is 0 Å². The molecule has 1 saturated heterocycles. The molecular formula is C9H13N5OS. The smallest absolute Gasteiger partial charge is 0.317 e. The van der Waals surface area contributed by atoms with Crippen LogP contribution in [0.5, 0.6) is 0 Å². The molecule has 0 saturated carbocycles. The zero-order valence-corrected chi connectivity index (χ0v) is 9.83. The monoisotopic (exact) mass is 239 g/mol. The summed E-state index contributed by atoms with van der Waals surface area (Å²) in [6, 6.07) is -0.00801. The minimum Gasteiger partial charge on any atom is -0.336 e. The predicted octanol–water partition coefficient (Wildman–Crippen LogP) is 0.0412. The number of amides is 2. The Morgan fingerprint density at radius 3 is 3.00 bits per heavy atom. The highest BCUT2D eigenvalue weighted by molar-refractivity contribution is 7.80. The van der Waals surface area contributed by atoms with Crippen LogP contribution in [0.3, 0.4) is 0 Å². The molecule has 6 nitrogen and oxygen atoms in total. The van der Waals surface area contributed by atoms with Gasteiger partial charge in [0.05, 0.1) is 12.7 Å². The van der Waals surface area contributed by atoms with E-state index < -0.39 is 0 Å². The molecular weight excluding hydrogens is 226 g/mol. The van der Waals surface area contributed by atoms with Crippen LogP contribution in [-0.4, -0.2) is 50.4 Å². The van der Waals surface area contributed by atoms with Gasteiger partial charge in [-0.25, -0.2) is 4.79 Å². The van der Waals surface area contributed by atoms with Crippen molar-refractivity contribution in [2.75, 3.05) is 19.6 Å². The van der Waals surface area contributed by atoms with Crippen LogP contribution in [0.15, 0.2) is 6.20 Å². The van der Waals surface area contributed by atoms with Crippen molar-refractivity contribution in [2.24, 2.45) is 0 Å². The van der Waals surface area contributed by atoms with Crippen molar-refractivity contribution in [3.05, 3.63) is 11.9 Å². The second-order valence-corrected chi connectivity index (χ2v) is 4.25. The van der Waals surface area contributed by atoms with Gasteiger partial charge in [0, 0.05) is 24.5 Å². The van der Waals surface area contributed by atoms with Crippen LogP contribution in [0.25, 0.3) is 0 Å². The molecule has 1 aliphatic rings. The summed E-state index contributed by atoms with van der Waals surface area (Å²) in [6.45, 7) is 4.58. The maximum atomic E-state index is 11.3. The number of aromatic nitrogens is 3. The van der Waals surface area contributed by atoms with Crippen LogP contribution in [0.2, 0.25) is 0 Å². The first-order chi connectivity index (χ1) is 7.66. The molecule has 0 spiro atoms. The van der Waals surface area contributed by atoms with Gasteiger partial charge in [-0.15, -0.1) is 5.10 Å². The molecule has 0 bridgehead atoms. The summed E-state index contributed by atoms with van der Waals surface area (Å²) in [6.07, 6.45) is 1.80. The number of nitrogens with zero attached hydrogens (tertiary/aromatic N) is 4. The highest BCUT2D eigenvalue weighted by Crippen LogP contribution is 1.99. The lowest BCUT2D eigenvalue weighted by molar-refractivity contribution is 0.215. The fourth-order valence-corrected chi connectivity index (χ4v) is 1.61. The number of hydrogen-bond donors (Lipinski definition) is 1. The Hall–Kier alpha value is -1.50. The highest BCUT2D eigenvalue weighted by atomic mass is 32.1. The van der Waals surface area contributed by atoms with E-state index in [2.05, 4.69) is 15.6 Å². The topological polar surface area (TPSA) is 63.0 Å². The molecule has 86 valence electrons. The summed E-state index contributed by atoms with van der Waals surface area (Å²) in [5.41, 5.74) is 0.723. The third-order valence-corrected chi connectivity index (χ3v) is 2.65. The minimum absolute atomic E-state index is 0.00801. The van der Waals surface area contributed by atoms with Gasteiger partial charge in [0.2, 0.25) is 0 Å². The molecule has 1 aromatic heterocycles. The summed E-state index contributed by atoms with van der Waals surface area (Å²) >= 11 is 5.00. The molecule has 0 aromatic carbocycles. The van der Waals surface area contributed by atoms with E-state index in [4.69, 9.17) is 12.2 Å². The van der Waals surface area contributed by atoms with Crippen molar-refractivity contribution >= 4 is 23.1 Å². The first kappa shape index (κ1) is 11.0. The Morgan fingerprint density at radius 1 is 1.62 bits per heavy atom. The van der Waals surface area contributed by atoms with Crippen LogP contribution < -0.4 is 5.32 Å². The molecule has 0 atom stereocenters. The maximum absolute atomic E-state index is 11.3. The van der Waals surface area contributed by atoms with Gasteiger partial charge in [-0.3, -0.25) is 4.68 Å². The largest absolute Gasteiger partial charge is 0.336 e. The van der Waals surface area contributed by atoms with Gasteiger partial charge in [0.25, 0.3) is 0 Å². The lowest BCUT2D eigenvalue weighted by Crippen LogP contribution is -2.31. The summed E-state index contributed by atoms with van der Waals surface area (Å²) in [5, 5.41) is 10.6. The van der Waals surface area contributed by atoms with Crippen LogP contribution in [0.1, 0.15) is 12.6 Å². The highest BCUT2D eigenvalue weighted by Gasteiger charge is 2.18. The zero-order valence-electron chi connectivity index (χ0n) is 9.01. The molecule has 0 radical (unpaired) electrons. The van der Waals surface area contributed by atoms with Crippen molar-refractivity contribution in [3.8, 4) is 0 Å². The van der Waals surface area contributed by atoms with E-state index in [0.717, 1.165) is 23.6 Å². The molecule has 0 unspecified atom stereocenters. The first-order valence-corrected chi connectivity index (χ1v) is 5.51. The number of rotatable bonds is 4. The number of nitrogens with one attached hydrogen (secondary N) is 1. The van der Waals surface area contributed by atoms with Crippen molar-refractivity contribution in [1.82, 2.24) is 25.2 Å². The number of urea groups is 1. The van der Waals surface area contributed by atoms with Crippen LogP contribution >= 0.6 is 12.2 Å². The van der Waals surface area contributed by atoms with Gasteiger partial charge in [-0.2, -0.15) is 0 Å². The van der Waals surface area contributed by atoms with E-state index in [-0.39, 0.29) is 6.03 Å². The second-order valence-electron chi connectivity index (χ2n) is 3.64. The molecule has 1 aromatic rings. The Bertz CT molecular complexity index is 416.